The third-order valence-electron chi connectivity index (χ3n) is 5.92. The van der Waals surface area contributed by atoms with Crippen LogP contribution >= 0.6 is 0 Å². The summed E-state index contributed by atoms with van der Waals surface area (Å²) in [6, 6.07) is 21.5. The maximum absolute atomic E-state index is 5.50. The van der Waals surface area contributed by atoms with Crippen molar-refractivity contribution in [2.75, 3.05) is 39.8 Å². The van der Waals surface area contributed by atoms with Crippen LogP contribution in [0.15, 0.2) is 66.9 Å². The highest BCUT2D eigenvalue weighted by Crippen LogP contribution is 2.29. The maximum Gasteiger partial charge on any atom is 0.122 e. The number of benzene rings is 2. The van der Waals surface area contributed by atoms with Crippen LogP contribution in [0, 0.1) is 0 Å². The summed E-state index contributed by atoms with van der Waals surface area (Å²) in [6.07, 6.45) is 2.92. The number of aryl methyl sites for hydroxylation is 1. The molecule has 1 atom stereocenters. The van der Waals surface area contributed by atoms with Gasteiger partial charge < -0.3 is 9.64 Å². The van der Waals surface area contributed by atoms with Crippen LogP contribution in [0.5, 0.6) is 5.75 Å². The molecule has 1 aliphatic heterocycles. The number of piperazine rings is 1. The molecular weight excluding hydrogens is 360 g/mol. The molecule has 0 saturated carbocycles. The van der Waals surface area contributed by atoms with E-state index in [-0.39, 0.29) is 6.04 Å². The van der Waals surface area contributed by atoms with Crippen molar-refractivity contribution in [3.8, 4) is 5.75 Å². The molecule has 1 aromatic heterocycles. The van der Waals surface area contributed by atoms with Gasteiger partial charge >= 0.3 is 0 Å². The molecule has 2 aromatic carbocycles. The highest BCUT2D eigenvalue weighted by atomic mass is 16.5. The molecule has 0 aliphatic carbocycles. The van der Waals surface area contributed by atoms with Crippen molar-refractivity contribution >= 4 is 0 Å². The molecule has 1 aliphatic rings. The van der Waals surface area contributed by atoms with Gasteiger partial charge in [0, 0.05) is 46.0 Å². The minimum absolute atomic E-state index is 0.250. The highest BCUT2D eigenvalue weighted by molar-refractivity contribution is 5.33. The van der Waals surface area contributed by atoms with E-state index in [1.165, 1.54) is 16.8 Å². The molecule has 5 heteroatoms. The predicted octanol–water partition coefficient (Wildman–Crippen LogP) is 3.38. The van der Waals surface area contributed by atoms with Gasteiger partial charge in [0.1, 0.15) is 5.75 Å². The van der Waals surface area contributed by atoms with Gasteiger partial charge in [-0.05, 0) is 29.7 Å². The minimum Gasteiger partial charge on any atom is -0.496 e. The molecule has 152 valence electrons. The van der Waals surface area contributed by atoms with E-state index in [0.717, 1.165) is 44.9 Å². The molecule has 1 fully saturated rings. The SMILES string of the molecule is COc1ccccc1CCN1CCN(C(c2ccccc2)c2ccnn2C)CC1. The number of hydrogen-bond donors (Lipinski definition) is 0. The Morgan fingerprint density at radius 2 is 1.66 bits per heavy atom. The first-order chi connectivity index (χ1) is 14.3. The molecule has 0 spiro atoms. The van der Waals surface area contributed by atoms with Crippen LogP contribution in [-0.4, -0.2) is 59.4 Å². The van der Waals surface area contributed by atoms with Crippen LogP contribution < -0.4 is 4.74 Å². The fraction of sp³-hybridized carbons (Fsp3) is 0.375. The molecule has 1 unspecified atom stereocenters. The van der Waals surface area contributed by atoms with E-state index in [4.69, 9.17) is 4.74 Å². The second-order valence-electron chi connectivity index (χ2n) is 7.63. The van der Waals surface area contributed by atoms with Gasteiger partial charge in [-0.3, -0.25) is 9.58 Å². The third-order valence-corrected chi connectivity index (χ3v) is 5.92. The molecule has 5 nitrogen and oxygen atoms in total. The molecule has 3 aromatic rings. The van der Waals surface area contributed by atoms with Gasteiger partial charge in [0.15, 0.2) is 0 Å². The summed E-state index contributed by atoms with van der Waals surface area (Å²) in [5, 5.41) is 4.42. The summed E-state index contributed by atoms with van der Waals surface area (Å²) >= 11 is 0. The number of nitrogens with zero attached hydrogens (tertiary/aromatic N) is 4. The first-order valence-electron chi connectivity index (χ1n) is 10.4. The number of hydrogen-bond acceptors (Lipinski definition) is 4. The van der Waals surface area contributed by atoms with E-state index in [0.29, 0.717) is 0 Å². The summed E-state index contributed by atoms with van der Waals surface area (Å²) in [5.41, 5.74) is 3.87. The van der Waals surface area contributed by atoms with E-state index in [1.807, 2.05) is 30.1 Å². The second kappa shape index (κ2) is 9.25. The first-order valence-corrected chi connectivity index (χ1v) is 10.4. The Kier molecular flexibility index (Phi) is 6.27. The third kappa shape index (κ3) is 4.52. The Morgan fingerprint density at radius 3 is 2.34 bits per heavy atom. The van der Waals surface area contributed by atoms with E-state index >= 15 is 0 Å². The van der Waals surface area contributed by atoms with Gasteiger partial charge in [-0.15, -0.1) is 0 Å². The fourth-order valence-corrected chi connectivity index (χ4v) is 4.29. The highest BCUT2D eigenvalue weighted by Gasteiger charge is 2.28. The number of aromatic nitrogens is 2. The molecular formula is C24H30N4O. The van der Waals surface area contributed by atoms with Gasteiger partial charge in [-0.25, -0.2) is 0 Å². The van der Waals surface area contributed by atoms with E-state index in [1.54, 1.807) is 7.11 Å². The number of para-hydroxylation sites is 1. The predicted molar refractivity (Wildman–Crippen MR) is 116 cm³/mol. The zero-order valence-corrected chi connectivity index (χ0v) is 17.4. The smallest absolute Gasteiger partial charge is 0.122 e. The number of ether oxygens (including phenoxy) is 1. The topological polar surface area (TPSA) is 33.5 Å². The average Bonchev–Trinajstić information content (AvgIpc) is 3.20. The van der Waals surface area contributed by atoms with Crippen molar-refractivity contribution in [2.24, 2.45) is 7.05 Å². The van der Waals surface area contributed by atoms with Gasteiger partial charge in [0.25, 0.3) is 0 Å². The Hall–Kier alpha value is -2.63. The van der Waals surface area contributed by atoms with E-state index in [2.05, 4.69) is 63.4 Å². The summed E-state index contributed by atoms with van der Waals surface area (Å²) in [4.78, 5) is 5.15. The Labute approximate surface area is 173 Å². The van der Waals surface area contributed by atoms with Crippen molar-refractivity contribution < 1.29 is 4.74 Å². The Bertz CT molecular complexity index is 900. The van der Waals surface area contributed by atoms with Gasteiger partial charge in [-0.2, -0.15) is 5.10 Å². The molecule has 29 heavy (non-hydrogen) atoms. The molecule has 1 saturated heterocycles. The van der Waals surface area contributed by atoms with Gasteiger partial charge in [0.2, 0.25) is 0 Å². The normalized spacial score (nSPS) is 16.6. The summed E-state index contributed by atoms with van der Waals surface area (Å²) in [7, 11) is 3.79. The Balaban J connectivity index is 1.41. The lowest BCUT2D eigenvalue weighted by Gasteiger charge is -2.39. The molecule has 0 N–H and O–H groups in total. The van der Waals surface area contributed by atoms with Crippen LogP contribution in [0.1, 0.15) is 22.9 Å². The lowest BCUT2D eigenvalue weighted by Crippen LogP contribution is -2.48. The van der Waals surface area contributed by atoms with Crippen LogP contribution in [-0.2, 0) is 13.5 Å². The Morgan fingerprint density at radius 1 is 0.931 bits per heavy atom. The standard InChI is InChI=1S/C24H30N4O/c1-26-22(12-14-25-26)24(21-9-4-3-5-10-21)28-18-16-27(17-19-28)15-13-20-8-6-7-11-23(20)29-2/h3-12,14,24H,13,15-19H2,1-2H3. The fourth-order valence-electron chi connectivity index (χ4n) is 4.29. The van der Waals surface area contributed by atoms with Crippen molar-refractivity contribution in [1.82, 2.24) is 19.6 Å². The van der Waals surface area contributed by atoms with Crippen LogP contribution in [0.25, 0.3) is 0 Å². The molecule has 0 radical (unpaired) electrons. The number of methoxy groups -OCH3 is 1. The average molecular weight is 391 g/mol. The summed E-state index contributed by atoms with van der Waals surface area (Å²) in [6.45, 7) is 5.33. The molecule has 2 heterocycles. The zero-order chi connectivity index (χ0) is 20.1. The largest absolute Gasteiger partial charge is 0.496 e. The quantitative estimate of drug-likeness (QED) is 0.619. The van der Waals surface area contributed by atoms with Crippen molar-refractivity contribution in [1.29, 1.82) is 0 Å². The van der Waals surface area contributed by atoms with Crippen molar-refractivity contribution in [3.05, 3.63) is 83.7 Å². The van der Waals surface area contributed by atoms with Crippen LogP contribution in [0.4, 0.5) is 0 Å². The number of rotatable bonds is 7. The van der Waals surface area contributed by atoms with Crippen molar-refractivity contribution in [2.45, 2.75) is 12.5 Å². The van der Waals surface area contributed by atoms with Gasteiger partial charge in [0.05, 0.1) is 18.8 Å². The monoisotopic (exact) mass is 390 g/mol. The first kappa shape index (κ1) is 19.7. The zero-order valence-electron chi connectivity index (χ0n) is 17.4. The molecule has 0 amide bonds. The van der Waals surface area contributed by atoms with Crippen LogP contribution in [0.3, 0.4) is 0 Å². The summed E-state index contributed by atoms with van der Waals surface area (Å²) in [5.74, 6) is 0.992. The lowest BCUT2D eigenvalue weighted by atomic mass is 10.0. The minimum atomic E-state index is 0.250. The van der Waals surface area contributed by atoms with Gasteiger partial charge in [-0.1, -0.05) is 48.5 Å². The maximum atomic E-state index is 5.50. The summed E-state index contributed by atoms with van der Waals surface area (Å²) < 4.78 is 7.51. The van der Waals surface area contributed by atoms with Crippen molar-refractivity contribution in [3.63, 3.8) is 0 Å². The second-order valence-corrected chi connectivity index (χ2v) is 7.63. The van der Waals surface area contributed by atoms with E-state index < -0.39 is 0 Å². The molecule has 4 rings (SSSR count). The van der Waals surface area contributed by atoms with E-state index in [9.17, 15) is 0 Å². The lowest BCUT2D eigenvalue weighted by molar-refractivity contribution is 0.107. The molecule has 0 bridgehead atoms. The van der Waals surface area contributed by atoms with Crippen LogP contribution in [0.2, 0.25) is 0 Å².